The van der Waals surface area contributed by atoms with Gasteiger partial charge in [0.05, 0.1) is 11.3 Å². The summed E-state index contributed by atoms with van der Waals surface area (Å²) in [6, 6.07) is 3.16. The van der Waals surface area contributed by atoms with E-state index in [2.05, 4.69) is 10.1 Å². The Labute approximate surface area is 122 Å². The fourth-order valence-corrected chi connectivity index (χ4v) is 1.95. The van der Waals surface area contributed by atoms with Crippen molar-refractivity contribution in [3.8, 4) is 5.69 Å². The molecule has 9 heteroatoms. The Morgan fingerprint density at radius 1 is 1.43 bits per heavy atom. The first-order chi connectivity index (χ1) is 9.74. The molecule has 5 nitrogen and oxygen atoms in total. The van der Waals surface area contributed by atoms with Gasteiger partial charge in [-0.2, -0.15) is 13.2 Å². The maximum Gasteiger partial charge on any atom is 0.418 e. The molecule has 0 saturated heterocycles. The Hall–Kier alpha value is -2.09. The van der Waals surface area contributed by atoms with E-state index in [0.29, 0.717) is 0 Å². The minimum atomic E-state index is -4.65. The number of carboxylic acids is 1. The van der Waals surface area contributed by atoms with Gasteiger partial charge in [0.25, 0.3) is 5.82 Å². The number of hydrogen-bond donors (Lipinski definition) is 1. The summed E-state index contributed by atoms with van der Waals surface area (Å²) in [6.45, 7) is 1.63. The van der Waals surface area contributed by atoms with Crippen molar-refractivity contribution < 1.29 is 23.1 Å². The lowest BCUT2D eigenvalue weighted by molar-refractivity contribution is -0.137. The minimum Gasteiger partial charge on any atom is -0.475 e. The number of hydrogen-bond acceptors (Lipinski definition) is 3. The number of carboxylic acid groups (broad SMARTS) is 1. The summed E-state index contributed by atoms with van der Waals surface area (Å²) in [7, 11) is 0. The number of halogens is 4. The van der Waals surface area contributed by atoms with E-state index in [1.165, 1.54) is 6.07 Å². The molecule has 2 aromatic rings. The van der Waals surface area contributed by atoms with Crippen LogP contribution in [0.1, 0.15) is 28.9 Å². The predicted octanol–water partition coefficient (Wildman–Crippen LogP) is 3.20. The molecule has 1 N–H and O–H groups in total. The Kier molecular flexibility index (Phi) is 3.91. The van der Waals surface area contributed by atoms with E-state index >= 15 is 0 Å². The van der Waals surface area contributed by atoms with Crippen LogP contribution in [0.3, 0.4) is 0 Å². The summed E-state index contributed by atoms with van der Waals surface area (Å²) < 4.78 is 40.1. The van der Waals surface area contributed by atoms with E-state index in [1.807, 2.05) is 0 Å². The fraction of sp³-hybridized carbons (Fsp3) is 0.250. The first-order valence-electron chi connectivity index (χ1n) is 5.80. The molecular weight excluding hydrogens is 311 g/mol. The second-order valence-electron chi connectivity index (χ2n) is 4.08. The Morgan fingerprint density at radius 2 is 2.10 bits per heavy atom. The van der Waals surface area contributed by atoms with Crippen molar-refractivity contribution in [2.24, 2.45) is 0 Å². The van der Waals surface area contributed by atoms with Crippen LogP contribution in [-0.4, -0.2) is 25.8 Å². The van der Waals surface area contributed by atoms with E-state index in [0.717, 1.165) is 16.8 Å². The number of aryl methyl sites for hydroxylation is 1. The molecule has 0 spiro atoms. The van der Waals surface area contributed by atoms with Crippen molar-refractivity contribution in [2.75, 3.05) is 0 Å². The van der Waals surface area contributed by atoms with E-state index in [1.54, 1.807) is 6.92 Å². The van der Waals surface area contributed by atoms with Gasteiger partial charge in [0, 0.05) is 11.4 Å². The van der Waals surface area contributed by atoms with Crippen molar-refractivity contribution in [1.82, 2.24) is 14.8 Å². The van der Waals surface area contributed by atoms with Crippen molar-refractivity contribution in [3.63, 3.8) is 0 Å². The van der Waals surface area contributed by atoms with E-state index in [4.69, 9.17) is 16.7 Å². The molecule has 0 saturated carbocycles. The zero-order valence-corrected chi connectivity index (χ0v) is 11.4. The molecule has 0 unspecified atom stereocenters. The highest BCUT2D eigenvalue weighted by Gasteiger charge is 2.35. The molecule has 112 valence electrons. The van der Waals surface area contributed by atoms with Crippen molar-refractivity contribution in [1.29, 1.82) is 0 Å². The summed E-state index contributed by atoms with van der Waals surface area (Å²) in [5, 5.41) is 12.4. The molecule has 0 radical (unpaired) electrons. The largest absolute Gasteiger partial charge is 0.475 e. The van der Waals surface area contributed by atoms with Gasteiger partial charge in [-0.15, -0.1) is 5.10 Å². The second-order valence-corrected chi connectivity index (χ2v) is 4.52. The Balaban J connectivity index is 2.69. The van der Waals surface area contributed by atoms with Gasteiger partial charge in [0.2, 0.25) is 0 Å². The van der Waals surface area contributed by atoms with Crippen LogP contribution in [0.15, 0.2) is 18.2 Å². The van der Waals surface area contributed by atoms with Gasteiger partial charge in [-0.1, -0.05) is 18.5 Å². The van der Waals surface area contributed by atoms with Gasteiger partial charge in [0.15, 0.2) is 0 Å². The first kappa shape index (κ1) is 15.3. The van der Waals surface area contributed by atoms with Crippen LogP contribution in [0.25, 0.3) is 5.69 Å². The lowest BCUT2D eigenvalue weighted by Gasteiger charge is -2.14. The fourth-order valence-electron chi connectivity index (χ4n) is 1.78. The van der Waals surface area contributed by atoms with Crippen LogP contribution >= 0.6 is 11.6 Å². The smallest absolute Gasteiger partial charge is 0.418 e. The topological polar surface area (TPSA) is 68.0 Å². The third kappa shape index (κ3) is 2.99. The monoisotopic (exact) mass is 319 g/mol. The van der Waals surface area contributed by atoms with Gasteiger partial charge >= 0.3 is 12.1 Å². The Morgan fingerprint density at radius 3 is 2.62 bits per heavy atom. The predicted molar refractivity (Wildman–Crippen MR) is 67.7 cm³/mol. The van der Waals surface area contributed by atoms with Crippen LogP contribution < -0.4 is 0 Å². The molecule has 1 aromatic heterocycles. The van der Waals surface area contributed by atoms with Crippen LogP contribution in [0, 0.1) is 0 Å². The number of nitrogens with zero attached hydrogens (tertiary/aromatic N) is 3. The first-order valence-corrected chi connectivity index (χ1v) is 6.18. The maximum absolute atomic E-state index is 13.1. The number of alkyl halides is 3. The molecule has 0 fully saturated rings. The SMILES string of the molecule is CCc1nc(C(=O)O)nn1-c1ccc(Cl)cc1C(F)(F)F. The quantitative estimate of drug-likeness (QED) is 0.943. The Bertz CT molecular complexity index is 698. The van der Waals surface area contributed by atoms with Crippen LogP contribution in [0.2, 0.25) is 5.02 Å². The summed E-state index contributed by atoms with van der Waals surface area (Å²) >= 11 is 5.60. The molecule has 1 aromatic carbocycles. The molecule has 0 aliphatic heterocycles. The van der Waals surface area contributed by atoms with Gasteiger partial charge in [0.1, 0.15) is 5.82 Å². The number of benzene rings is 1. The van der Waals surface area contributed by atoms with Gasteiger partial charge in [-0.25, -0.2) is 14.5 Å². The zero-order chi connectivity index (χ0) is 15.8. The standard InChI is InChI=1S/C12H9ClF3N3O2/c1-2-9-17-10(11(20)21)18-19(9)8-4-3-6(13)5-7(8)12(14,15)16/h3-5H,2H2,1H3,(H,20,21). The summed E-state index contributed by atoms with van der Waals surface area (Å²) in [6.07, 6.45) is -4.43. The molecule has 0 amide bonds. The summed E-state index contributed by atoms with van der Waals surface area (Å²) in [5.74, 6) is -1.86. The third-order valence-corrected chi connectivity index (χ3v) is 2.91. The molecule has 0 bridgehead atoms. The highest BCUT2D eigenvalue weighted by atomic mass is 35.5. The molecule has 21 heavy (non-hydrogen) atoms. The highest BCUT2D eigenvalue weighted by molar-refractivity contribution is 6.30. The lowest BCUT2D eigenvalue weighted by atomic mass is 10.1. The average Bonchev–Trinajstić information content (AvgIpc) is 2.81. The van der Waals surface area contributed by atoms with Crippen molar-refractivity contribution in [3.05, 3.63) is 40.4 Å². The molecular formula is C12H9ClF3N3O2. The second kappa shape index (κ2) is 5.36. The maximum atomic E-state index is 13.1. The zero-order valence-electron chi connectivity index (χ0n) is 10.6. The molecule has 1 heterocycles. The van der Waals surface area contributed by atoms with Crippen LogP contribution in [0.5, 0.6) is 0 Å². The van der Waals surface area contributed by atoms with E-state index in [9.17, 15) is 18.0 Å². The van der Waals surface area contributed by atoms with E-state index < -0.39 is 23.5 Å². The molecule has 2 rings (SSSR count). The van der Waals surface area contributed by atoms with Crippen LogP contribution in [0.4, 0.5) is 13.2 Å². The lowest BCUT2D eigenvalue weighted by Crippen LogP contribution is -2.13. The van der Waals surface area contributed by atoms with E-state index in [-0.39, 0.29) is 23.0 Å². The van der Waals surface area contributed by atoms with Crippen LogP contribution in [-0.2, 0) is 12.6 Å². The van der Waals surface area contributed by atoms with Gasteiger partial charge in [-0.05, 0) is 18.2 Å². The highest BCUT2D eigenvalue weighted by Crippen LogP contribution is 2.35. The summed E-state index contributed by atoms with van der Waals surface area (Å²) in [5.41, 5.74) is -1.32. The average molecular weight is 320 g/mol. The minimum absolute atomic E-state index is 0.0808. The molecule has 0 aliphatic rings. The third-order valence-electron chi connectivity index (χ3n) is 2.67. The number of rotatable bonds is 3. The number of carbonyl (C=O) groups is 1. The van der Waals surface area contributed by atoms with Crippen molar-refractivity contribution in [2.45, 2.75) is 19.5 Å². The summed E-state index contributed by atoms with van der Waals surface area (Å²) in [4.78, 5) is 14.6. The number of aromatic nitrogens is 3. The molecule has 0 aliphatic carbocycles. The van der Waals surface area contributed by atoms with Gasteiger partial charge in [-0.3, -0.25) is 0 Å². The van der Waals surface area contributed by atoms with Crippen molar-refractivity contribution >= 4 is 17.6 Å². The normalized spacial score (nSPS) is 11.7. The van der Waals surface area contributed by atoms with Gasteiger partial charge < -0.3 is 5.11 Å². The molecule has 0 atom stereocenters. The number of aromatic carboxylic acids is 1.